The van der Waals surface area contributed by atoms with Crippen LogP contribution >= 0.6 is 0 Å². The monoisotopic (exact) mass is 232 g/mol. The number of benzene rings is 1. The van der Waals surface area contributed by atoms with Crippen molar-refractivity contribution in [1.29, 1.82) is 0 Å². The Bertz CT molecular complexity index is 555. The van der Waals surface area contributed by atoms with Gasteiger partial charge in [-0.25, -0.2) is 4.39 Å². The van der Waals surface area contributed by atoms with E-state index in [1.807, 2.05) is 13.8 Å². The van der Waals surface area contributed by atoms with Crippen LogP contribution in [0.15, 0.2) is 34.9 Å². The first-order chi connectivity index (χ1) is 8.13. The molecule has 0 aliphatic heterocycles. The largest absolute Gasteiger partial charge is 0.469 e. The zero-order valence-corrected chi connectivity index (χ0v) is 9.79. The molecule has 0 radical (unpaired) electrons. The summed E-state index contributed by atoms with van der Waals surface area (Å²) in [4.78, 5) is 12.2. The van der Waals surface area contributed by atoms with Crippen molar-refractivity contribution >= 4 is 5.78 Å². The average molecular weight is 232 g/mol. The molecule has 0 bridgehead atoms. The Hall–Kier alpha value is -1.90. The van der Waals surface area contributed by atoms with Gasteiger partial charge >= 0.3 is 0 Å². The molecule has 0 N–H and O–H groups in total. The molecule has 1 aromatic heterocycles. The molecule has 1 aromatic carbocycles. The predicted molar refractivity (Wildman–Crippen MR) is 62.7 cm³/mol. The van der Waals surface area contributed by atoms with E-state index in [4.69, 9.17) is 4.42 Å². The van der Waals surface area contributed by atoms with E-state index >= 15 is 0 Å². The zero-order chi connectivity index (χ0) is 12.4. The fraction of sp³-hybridized carbons (Fsp3) is 0.214. The minimum atomic E-state index is -0.496. The Morgan fingerprint density at radius 3 is 2.76 bits per heavy atom. The second-order valence-electron chi connectivity index (χ2n) is 3.92. The highest BCUT2D eigenvalue weighted by Crippen LogP contribution is 2.19. The van der Waals surface area contributed by atoms with Crippen LogP contribution in [0.4, 0.5) is 4.39 Å². The lowest BCUT2D eigenvalue weighted by Crippen LogP contribution is -2.05. The Kier molecular flexibility index (Phi) is 3.09. The van der Waals surface area contributed by atoms with Crippen molar-refractivity contribution in [3.05, 3.63) is 58.8 Å². The third-order valence-corrected chi connectivity index (χ3v) is 2.68. The summed E-state index contributed by atoms with van der Waals surface area (Å²) in [6, 6.07) is 6.10. The second-order valence-corrected chi connectivity index (χ2v) is 3.92. The molecule has 0 saturated heterocycles. The molecule has 0 atom stereocenters. The van der Waals surface area contributed by atoms with Crippen LogP contribution in [0.3, 0.4) is 0 Å². The van der Waals surface area contributed by atoms with Gasteiger partial charge in [0.1, 0.15) is 11.6 Å². The molecule has 0 amide bonds. The van der Waals surface area contributed by atoms with Crippen molar-refractivity contribution in [3.63, 3.8) is 0 Å². The number of hydrogen-bond donors (Lipinski definition) is 0. The molecule has 88 valence electrons. The normalized spacial score (nSPS) is 10.5. The molecule has 1 heterocycles. The Morgan fingerprint density at radius 1 is 1.29 bits per heavy atom. The summed E-state index contributed by atoms with van der Waals surface area (Å²) >= 11 is 0. The first-order valence-corrected chi connectivity index (χ1v) is 5.50. The van der Waals surface area contributed by atoms with Crippen LogP contribution in [0.5, 0.6) is 0 Å². The van der Waals surface area contributed by atoms with Crippen molar-refractivity contribution in [2.75, 3.05) is 0 Å². The summed E-state index contributed by atoms with van der Waals surface area (Å²) in [5.74, 6) is -0.225. The predicted octanol–water partition coefficient (Wildman–Crippen LogP) is 3.52. The summed E-state index contributed by atoms with van der Waals surface area (Å²) in [6.45, 7) is 3.72. The maximum Gasteiger partial charge on any atom is 0.199 e. The number of hydrogen-bond acceptors (Lipinski definition) is 2. The minimum Gasteiger partial charge on any atom is -0.469 e. The van der Waals surface area contributed by atoms with Gasteiger partial charge in [-0.2, -0.15) is 0 Å². The quantitative estimate of drug-likeness (QED) is 0.758. The summed E-state index contributed by atoms with van der Waals surface area (Å²) in [7, 11) is 0. The third-order valence-electron chi connectivity index (χ3n) is 2.68. The van der Waals surface area contributed by atoms with Gasteiger partial charge < -0.3 is 4.42 Å². The molecule has 0 spiro atoms. The van der Waals surface area contributed by atoms with Gasteiger partial charge in [-0.05, 0) is 25.1 Å². The molecule has 2 rings (SSSR count). The van der Waals surface area contributed by atoms with Crippen LogP contribution < -0.4 is 0 Å². The average Bonchev–Trinajstić information content (AvgIpc) is 2.79. The molecule has 3 heteroatoms. The van der Waals surface area contributed by atoms with Crippen LogP contribution in [0.2, 0.25) is 0 Å². The van der Waals surface area contributed by atoms with Gasteiger partial charge in [-0.15, -0.1) is 0 Å². The van der Waals surface area contributed by atoms with E-state index < -0.39 is 5.82 Å². The molecule has 0 unspecified atom stereocenters. The second kappa shape index (κ2) is 4.53. The van der Waals surface area contributed by atoms with Gasteiger partial charge in [-0.1, -0.05) is 18.6 Å². The molecule has 0 saturated carbocycles. The standard InChI is InChI=1S/C14H13FO2/c1-3-13-10(6-7-17-13)14(16)11-8-9(2)4-5-12(11)15/h4-8H,3H2,1-2H3. The molecular weight excluding hydrogens is 219 g/mol. The lowest BCUT2D eigenvalue weighted by atomic mass is 10.0. The maximum atomic E-state index is 13.6. The smallest absolute Gasteiger partial charge is 0.199 e. The van der Waals surface area contributed by atoms with E-state index in [-0.39, 0.29) is 11.3 Å². The summed E-state index contributed by atoms with van der Waals surface area (Å²) < 4.78 is 18.8. The van der Waals surface area contributed by atoms with E-state index in [2.05, 4.69) is 0 Å². The van der Waals surface area contributed by atoms with Gasteiger partial charge in [0.15, 0.2) is 5.78 Å². The van der Waals surface area contributed by atoms with Gasteiger partial charge in [0.2, 0.25) is 0 Å². The van der Waals surface area contributed by atoms with E-state index in [1.165, 1.54) is 12.3 Å². The maximum absolute atomic E-state index is 13.6. The van der Waals surface area contributed by atoms with E-state index in [0.717, 1.165) is 5.56 Å². The van der Waals surface area contributed by atoms with E-state index in [9.17, 15) is 9.18 Å². The molecule has 0 aliphatic rings. The Morgan fingerprint density at radius 2 is 2.06 bits per heavy atom. The van der Waals surface area contributed by atoms with Crippen molar-refractivity contribution in [2.45, 2.75) is 20.3 Å². The van der Waals surface area contributed by atoms with E-state index in [0.29, 0.717) is 17.7 Å². The number of furan rings is 1. The molecular formula is C14H13FO2. The number of rotatable bonds is 3. The van der Waals surface area contributed by atoms with Crippen LogP contribution in [-0.4, -0.2) is 5.78 Å². The fourth-order valence-corrected chi connectivity index (χ4v) is 1.77. The highest BCUT2D eigenvalue weighted by Gasteiger charge is 2.18. The topological polar surface area (TPSA) is 30.2 Å². The van der Waals surface area contributed by atoms with Gasteiger partial charge in [0, 0.05) is 6.42 Å². The molecule has 0 fully saturated rings. The summed E-state index contributed by atoms with van der Waals surface area (Å²) in [5.41, 5.74) is 1.40. The Labute approximate surface area is 99.1 Å². The lowest BCUT2D eigenvalue weighted by molar-refractivity contribution is 0.103. The van der Waals surface area contributed by atoms with Crippen molar-refractivity contribution in [2.24, 2.45) is 0 Å². The zero-order valence-electron chi connectivity index (χ0n) is 9.79. The number of carbonyl (C=O) groups is 1. The van der Waals surface area contributed by atoms with Crippen molar-refractivity contribution in [1.82, 2.24) is 0 Å². The van der Waals surface area contributed by atoms with Crippen LogP contribution in [0.25, 0.3) is 0 Å². The molecule has 0 aliphatic carbocycles. The van der Waals surface area contributed by atoms with Crippen LogP contribution in [-0.2, 0) is 6.42 Å². The van der Waals surface area contributed by atoms with Gasteiger partial charge in [0.25, 0.3) is 0 Å². The molecule has 2 nitrogen and oxygen atoms in total. The highest BCUT2D eigenvalue weighted by atomic mass is 19.1. The Balaban J connectivity index is 2.47. The van der Waals surface area contributed by atoms with Crippen LogP contribution in [0.1, 0.15) is 34.2 Å². The minimum absolute atomic E-state index is 0.0982. The molecule has 2 aromatic rings. The third kappa shape index (κ3) is 2.13. The fourth-order valence-electron chi connectivity index (χ4n) is 1.77. The summed E-state index contributed by atoms with van der Waals surface area (Å²) in [5, 5.41) is 0. The number of aryl methyl sites for hydroxylation is 2. The lowest BCUT2D eigenvalue weighted by Gasteiger charge is -2.03. The SMILES string of the molecule is CCc1occc1C(=O)c1cc(C)ccc1F. The first kappa shape index (κ1) is 11.6. The number of carbonyl (C=O) groups excluding carboxylic acids is 1. The van der Waals surface area contributed by atoms with Crippen LogP contribution in [0, 0.1) is 12.7 Å². The first-order valence-electron chi connectivity index (χ1n) is 5.50. The van der Waals surface area contributed by atoms with Gasteiger partial charge in [-0.3, -0.25) is 4.79 Å². The summed E-state index contributed by atoms with van der Waals surface area (Å²) in [6.07, 6.45) is 2.07. The number of ketones is 1. The molecule has 17 heavy (non-hydrogen) atoms. The van der Waals surface area contributed by atoms with Crippen molar-refractivity contribution < 1.29 is 13.6 Å². The van der Waals surface area contributed by atoms with Gasteiger partial charge in [0.05, 0.1) is 17.4 Å². The highest BCUT2D eigenvalue weighted by molar-refractivity contribution is 6.09. The number of halogens is 1. The van der Waals surface area contributed by atoms with E-state index in [1.54, 1.807) is 18.2 Å². The van der Waals surface area contributed by atoms with Crippen molar-refractivity contribution in [3.8, 4) is 0 Å².